The van der Waals surface area contributed by atoms with Crippen LogP contribution in [0.25, 0.3) is 0 Å². The summed E-state index contributed by atoms with van der Waals surface area (Å²) in [6, 6.07) is 11.3. The van der Waals surface area contributed by atoms with Gasteiger partial charge in [0.25, 0.3) is 0 Å². The molecule has 4 heteroatoms. The topological polar surface area (TPSA) is 21.3 Å². The standard InChI is InChI=1S/C17H19F2NO/c1-12(2)20-10-13-4-3-5-16(8-13)21-11-14-9-15(18)6-7-17(14)19/h3-9,12,20H,10-11H2,1-2H3. The molecule has 0 amide bonds. The molecule has 0 spiro atoms. The van der Waals surface area contributed by atoms with Crippen molar-refractivity contribution in [2.24, 2.45) is 0 Å². The minimum absolute atomic E-state index is 0.00462. The molecule has 0 saturated heterocycles. The third-order valence-corrected chi connectivity index (χ3v) is 3.01. The fourth-order valence-electron chi connectivity index (χ4n) is 1.88. The average Bonchev–Trinajstić information content (AvgIpc) is 2.46. The molecule has 21 heavy (non-hydrogen) atoms. The highest BCUT2D eigenvalue weighted by atomic mass is 19.1. The Morgan fingerprint density at radius 1 is 1.10 bits per heavy atom. The highest BCUT2D eigenvalue weighted by Crippen LogP contribution is 2.17. The molecule has 1 N–H and O–H groups in total. The van der Waals surface area contributed by atoms with Crippen LogP contribution in [0.1, 0.15) is 25.0 Å². The largest absolute Gasteiger partial charge is 0.489 e. The summed E-state index contributed by atoms with van der Waals surface area (Å²) in [5.41, 5.74) is 1.29. The van der Waals surface area contributed by atoms with Crippen molar-refractivity contribution in [1.82, 2.24) is 5.32 Å². The Bertz CT molecular complexity index is 599. The maximum absolute atomic E-state index is 13.5. The van der Waals surface area contributed by atoms with E-state index in [1.165, 1.54) is 0 Å². The van der Waals surface area contributed by atoms with E-state index in [-0.39, 0.29) is 12.2 Å². The van der Waals surface area contributed by atoms with Crippen LogP contribution < -0.4 is 10.1 Å². The molecule has 0 saturated carbocycles. The van der Waals surface area contributed by atoms with E-state index >= 15 is 0 Å². The lowest BCUT2D eigenvalue weighted by atomic mass is 10.2. The van der Waals surface area contributed by atoms with E-state index in [4.69, 9.17) is 4.74 Å². The zero-order valence-corrected chi connectivity index (χ0v) is 12.2. The van der Waals surface area contributed by atoms with Crippen LogP contribution in [0.2, 0.25) is 0 Å². The third-order valence-electron chi connectivity index (χ3n) is 3.01. The van der Waals surface area contributed by atoms with Gasteiger partial charge in [-0.1, -0.05) is 26.0 Å². The number of benzene rings is 2. The Hall–Kier alpha value is -1.94. The molecule has 2 rings (SSSR count). The van der Waals surface area contributed by atoms with Gasteiger partial charge in [0, 0.05) is 18.2 Å². The molecule has 112 valence electrons. The van der Waals surface area contributed by atoms with E-state index in [0.717, 1.165) is 30.3 Å². The van der Waals surface area contributed by atoms with Crippen LogP contribution in [-0.4, -0.2) is 6.04 Å². The minimum Gasteiger partial charge on any atom is -0.489 e. The fraction of sp³-hybridized carbons (Fsp3) is 0.294. The fourth-order valence-corrected chi connectivity index (χ4v) is 1.88. The van der Waals surface area contributed by atoms with E-state index in [1.807, 2.05) is 18.2 Å². The predicted molar refractivity (Wildman–Crippen MR) is 79.1 cm³/mol. The lowest BCUT2D eigenvalue weighted by Crippen LogP contribution is -2.21. The monoisotopic (exact) mass is 291 g/mol. The number of nitrogens with one attached hydrogen (secondary N) is 1. The summed E-state index contributed by atoms with van der Waals surface area (Å²) in [5, 5.41) is 3.31. The highest BCUT2D eigenvalue weighted by molar-refractivity contribution is 5.29. The van der Waals surface area contributed by atoms with Crippen molar-refractivity contribution in [1.29, 1.82) is 0 Å². The van der Waals surface area contributed by atoms with E-state index in [0.29, 0.717) is 11.8 Å². The second kappa shape index (κ2) is 7.18. The summed E-state index contributed by atoms with van der Waals surface area (Å²) < 4.78 is 32.1. The molecule has 0 aromatic heterocycles. The first-order valence-electron chi connectivity index (χ1n) is 6.93. The van der Waals surface area contributed by atoms with Crippen molar-refractivity contribution < 1.29 is 13.5 Å². The van der Waals surface area contributed by atoms with Crippen molar-refractivity contribution in [2.45, 2.75) is 33.0 Å². The van der Waals surface area contributed by atoms with E-state index in [2.05, 4.69) is 19.2 Å². The summed E-state index contributed by atoms with van der Waals surface area (Å²) in [4.78, 5) is 0. The van der Waals surface area contributed by atoms with Crippen LogP contribution in [0.4, 0.5) is 8.78 Å². The Morgan fingerprint density at radius 3 is 2.67 bits per heavy atom. The van der Waals surface area contributed by atoms with Gasteiger partial charge >= 0.3 is 0 Å². The molecular formula is C17H19F2NO. The maximum Gasteiger partial charge on any atom is 0.130 e. The molecule has 0 atom stereocenters. The molecule has 0 bridgehead atoms. The molecule has 0 aliphatic carbocycles. The first-order chi connectivity index (χ1) is 10.0. The number of halogens is 2. The van der Waals surface area contributed by atoms with Gasteiger partial charge in [0.2, 0.25) is 0 Å². The lowest BCUT2D eigenvalue weighted by molar-refractivity contribution is 0.298. The number of hydrogen-bond donors (Lipinski definition) is 1. The van der Waals surface area contributed by atoms with Gasteiger partial charge < -0.3 is 10.1 Å². The summed E-state index contributed by atoms with van der Waals surface area (Å²) >= 11 is 0. The second-order valence-electron chi connectivity index (χ2n) is 5.21. The smallest absolute Gasteiger partial charge is 0.130 e. The van der Waals surface area contributed by atoms with Crippen molar-refractivity contribution in [3.8, 4) is 5.75 Å². The Morgan fingerprint density at radius 2 is 1.90 bits per heavy atom. The zero-order chi connectivity index (χ0) is 15.2. The van der Waals surface area contributed by atoms with Crippen molar-refractivity contribution in [3.63, 3.8) is 0 Å². The SMILES string of the molecule is CC(C)NCc1cccc(OCc2cc(F)ccc2F)c1. The van der Waals surface area contributed by atoms with Gasteiger partial charge in [-0.15, -0.1) is 0 Å². The number of rotatable bonds is 6. The van der Waals surface area contributed by atoms with Gasteiger partial charge in [-0.3, -0.25) is 0 Å². The zero-order valence-electron chi connectivity index (χ0n) is 12.2. The first-order valence-corrected chi connectivity index (χ1v) is 6.93. The van der Waals surface area contributed by atoms with Crippen molar-refractivity contribution >= 4 is 0 Å². The molecule has 0 aliphatic rings. The van der Waals surface area contributed by atoms with Gasteiger partial charge in [-0.05, 0) is 35.9 Å². The van der Waals surface area contributed by atoms with Crippen LogP contribution >= 0.6 is 0 Å². The molecule has 2 aromatic carbocycles. The van der Waals surface area contributed by atoms with Crippen LogP contribution in [0.3, 0.4) is 0 Å². The third kappa shape index (κ3) is 4.83. The molecule has 0 unspecified atom stereocenters. The van der Waals surface area contributed by atoms with Gasteiger partial charge in [-0.25, -0.2) is 8.78 Å². The summed E-state index contributed by atoms with van der Waals surface area (Å²) in [7, 11) is 0. The second-order valence-corrected chi connectivity index (χ2v) is 5.21. The van der Waals surface area contributed by atoms with Crippen LogP contribution in [0.5, 0.6) is 5.75 Å². The van der Waals surface area contributed by atoms with E-state index < -0.39 is 11.6 Å². The highest BCUT2D eigenvalue weighted by Gasteiger charge is 2.05. The summed E-state index contributed by atoms with van der Waals surface area (Å²) in [5.74, 6) is -0.291. The van der Waals surface area contributed by atoms with Crippen LogP contribution in [0, 0.1) is 11.6 Å². The molecular weight excluding hydrogens is 272 g/mol. The Labute approximate surface area is 123 Å². The van der Waals surface area contributed by atoms with Crippen molar-refractivity contribution in [3.05, 3.63) is 65.2 Å². The lowest BCUT2D eigenvalue weighted by Gasteiger charge is -2.11. The molecule has 0 aliphatic heterocycles. The summed E-state index contributed by atoms with van der Waals surface area (Å²) in [6.45, 7) is 4.90. The molecule has 0 fully saturated rings. The molecule has 0 radical (unpaired) electrons. The van der Waals surface area contributed by atoms with Crippen LogP contribution in [-0.2, 0) is 13.2 Å². The number of hydrogen-bond acceptors (Lipinski definition) is 2. The van der Waals surface area contributed by atoms with Crippen LogP contribution in [0.15, 0.2) is 42.5 Å². The average molecular weight is 291 g/mol. The van der Waals surface area contributed by atoms with Gasteiger partial charge in [0.15, 0.2) is 0 Å². The molecule has 2 nitrogen and oxygen atoms in total. The normalized spacial score (nSPS) is 10.9. The van der Waals surface area contributed by atoms with Gasteiger partial charge in [-0.2, -0.15) is 0 Å². The summed E-state index contributed by atoms with van der Waals surface area (Å²) in [6.07, 6.45) is 0. The number of ether oxygens (including phenoxy) is 1. The minimum atomic E-state index is -0.468. The van der Waals surface area contributed by atoms with E-state index in [9.17, 15) is 8.78 Å². The molecule has 2 aromatic rings. The van der Waals surface area contributed by atoms with E-state index in [1.54, 1.807) is 6.07 Å². The first kappa shape index (κ1) is 15.4. The molecule has 0 heterocycles. The van der Waals surface area contributed by atoms with Crippen molar-refractivity contribution in [2.75, 3.05) is 0 Å². The van der Waals surface area contributed by atoms with Gasteiger partial charge in [0.05, 0.1) is 0 Å². The van der Waals surface area contributed by atoms with Gasteiger partial charge in [0.1, 0.15) is 24.0 Å². The Kier molecular flexibility index (Phi) is 5.28. The predicted octanol–water partition coefficient (Wildman–Crippen LogP) is 4.04. The Balaban J connectivity index is 1.99. The quantitative estimate of drug-likeness (QED) is 0.867. The maximum atomic E-state index is 13.5.